The van der Waals surface area contributed by atoms with Gasteiger partial charge in [0.15, 0.2) is 11.5 Å². The summed E-state index contributed by atoms with van der Waals surface area (Å²) >= 11 is 0. The van der Waals surface area contributed by atoms with Crippen molar-refractivity contribution in [2.75, 3.05) is 19.0 Å². The number of hydrogen-bond donors (Lipinski definition) is 2. The van der Waals surface area contributed by atoms with Crippen LogP contribution in [-0.2, 0) is 6.42 Å². The number of rotatable bonds is 7. The molecule has 1 amide bonds. The molecule has 0 radical (unpaired) electrons. The quantitative estimate of drug-likeness (QED) is 0.671. The van der Waals surface area contributed by atoms with Crippen LogP contribution in [0.25, 0.3) is 0 Å². The van der Waals surface area contributed by atoms with Crippen molar-refractivity contribution in [3.8, 4) is 5.75 Å². The number of carbonyl (C=O) groups is 1. The van der Waals surface area contributed by atoms with Gasteiger partial charge in [0, 0.05) is 6.54 Å². The molecule has 0 spiro atoms. The van der Waals surface area contributed by atoms with Gasteiger partial charge in [0.2, 0.25) is 0 Å². The number of hydrogen-bond acceptors (Lipinski definition) is 5. The number of benzene rings is 2. The van der Waals surface area contributed by atoms with Gasteiger partial charge in [-0.15, -0.1) is 10.2 Å². The summed E-state index contributed by atoms with van der Waals surface area (Å²) in [5.41, 5.74) is 1.92. The molecular formula is C20H19FN4O2. The molecule has 2 N–H and O–H groups in total. The van der Waals surface area contributed by atoms with Crippen LogP contribution >= 0.6 is 0 Å². The Labute approximate surface area is 156 Å². The second kappa shape index (κ2) is 8.75. The molecule has 0 bridgehead atoms. The number of nitrogens with one attached hydrogen (secondary N) is 2. The maximum atomic E-state index is 12.9. The number of amides is 1. The molecule has 138 valence electrons. The van der Waals surface area contributed by atoms with E-state index in [1.165, 1.54) is 12.1 Å². The van der Waals surface area contributed by atoms with Crippen molar-refractivity contribution >= 4 is 17.4 Å². The zero-order valence-corrected chi connectivity index (χ0v) is 14.8. The van der Waals surface area contributed by atoms with Crippen LogP contribution < -0.4 is 15.4 Å². The third kappa shape index (κ3) is 5.01. The van der Waals surface area contributed by atoms with Gasteiger partial charge in [-0.25, -0.2) is 4.39 Å². The van der Waals surface area contributed by atoms with Crippen LogP contribution in [0, 0.1) is 5.82 Å². The maximum absolute atomic E-state index is 12.9. The van der Waals surface area contributed by atoms with Gasteiger partial charge in [-0.05, 0) is 48.4 Å². The molecule has 0 saturated heterocycles. The predicted molar refractivity (Wildman–Crippen MR) is 101 cm³/mol. The Morgan fingerprint density at radius 1 is 1.04 bits per heavy atom. The summed E-state index contributed by atoms with van der Waals surface area (Å²) in [5, 5.41) is 13.9. The highest BCUT2D eigenvalue weighted by molar-refractivity contribution is 5.92. The van der Waals surface area contributed by atoms with Gasteiger partial charge in [-0.2, -0.15) is 0 Å². The van der Waals surface area contributed by atoms with Crippen LogP contribution in [0.3, 0.4) is 0 Å². The molecule has 0 atom stereocenters. The second-order valence-corrected chi connectivity index (χ2v) is 5.76. The van der Waals surface area contributed by atoms with Gasteiger partial charge >= 0.3 is 0 Å². The molecule has 0 aliphatic rings. The van der Waals surface area contributed by atoms with Gasteiger partial charge < -0.3 is 15.4 Å². The third-order valence-electron chi connectivity index (χ3n) is 3.88. The van der Waals surface area contributed by atoms with Crippen molar-refractivity contribution in [3.05, 3.63) is 77.7 Å². The van der Waals surface area contributed by atoms with E-state index in [4.69, 9.17) is 4.74 Å². The summed E-state index contributed by atoms with van der Waals surface area (Å²) in [4.78, 5) is 12.1. The summed E-state index contributed by atoms with van der Waals surface area (Å²) in [6, 6.07) is 16.9. The standard InChI is InChI=1S/C20H19FN4O2/c1-27-18-5-3-2-4-16(18)23-19-11-10-17(24-25-19)20(26)22-13-12-14-6-8-15(21)9-7-14/h2-11H,12-13H2,1H3,(H,22,26)(H,23,25). The highest BCUT2D eigenvalue weighted by Gasteiger charge is 2.09. The van der Waals surface area contributed by atoms with E-state index in [2.05, 4.69) is 20.8 Å². The van der Waals surface area contributed by atoms with Crippen molar-refractivity contribution in [2.24, 2.45) is 0 Å². The van der Waals surface area contributed by atoms with E-state index in [0.717, 1.165) is 11.3 Å². The molecule has 0 unspecified atom stereocenters. The minimum atomic E-state index is -0.312. The summed E-state index contributed by atoms with van der Waals surface area (Å²) in [6.45, 7) is 0.424. The topological polar surface area (TPSA) is 76.1 Å². The number of anilines is 2. The van der Waals surface area contributed by atoms with Crippen molar-refractivity contribution in [1.82, 2.24) is 15.5 Å². The fourth-order valence-corrected chi connectivity index (χ4v) is 2.47. The summed E-state index contributed by atoms with van der Waals surface area (Å²) in [5.74, 6) is 0.595. The third-order valence-corrected chi connectivity index (χ3v) is 3.88. The molecule has 6 nitrogen and oxygen atoms in total. The fraction of sp³-hybridized carbons (Fsp3) is 0.150. The van der Waals surface area contributed by atoms with Gasteiger partial charge in [-0.3, -0.25) is 4.79 Å². The minimum Gasteiger partial charge on any atom is -0.495 e. The molecule has 3 rings (SSSR count). The highest BCUT2D eigenvalue weighted by Crippen LogP contribution is 2.25. The number of halogens is 1. The minimum absolute atomic E-state index is 0.222. The van der Waals surface area contributed by atoms with E-state index in [0.29, 0.717) is 24.5 Å². The lowest BCUT2D eigenvalue weighted by atomic mass is 10.1. The Hall–Kier alpha value is -3.48. The number of para-hydroxylation sites is 2. The first-order valence-corrected chi connectivity index (χ1v) is 8.42. The predicted octanol–water partition coefficient (Wildman–Crippen LogP) is 3.34. The largest absolute Gasteiger partial charge is 0.495 e. The van der Waals surface area contributed by atoms with Crippen LogP contribution in [-0.4, -0.2) is 29.8 Å². The molecule has 0 fully saturated rings. The van der Waals surface area contributed by atoms with Gasteiger partial charge in [0.1, 0.15) is 11.6 Å². The first kappa shape index (κ1) is 18.3. The van der Waals surface area contributed by atoms with Gasteiger partial charge in [0.25, 0.3) is 5.91 Å². The molecule has 0 aliphatic carbocycles. The molecule has 27 heavy (non-hydrogen) atoms. The number of carbonyl (C=O) groups excluding carboxylic acids is 1. The highest BCUT2D eigenvalue weighted by atomic mass is 19.1. The first-order valence-electron chi connectivity index (χ1n) is 8.42. The van der Waals surface area contributed by atoms with Crippen molar-refractivity contribution in [2.45, 2.75) is 6.42 Å². The summed E-state index contributed by atoms with van der Waals surface area (Å²) in [7, 11) is 1.59. The zero-order chi connectivity index (χ0) is 19.1. The average Bonchev–Trinajstić information content (AvgIpc) is 2.70. The number of aromatic nitrogens is 2. The molecule has 2 aromatic carbocycles. The van der Waals surface area contributed by atoms with Crippen LogP contribution in [0.15, 0.2) is 60.7 Å². The Bertz CT molecular complexity index is 899. The summed E-state index contributed by atoms with van der Waals surface area (Å²) < 4.78 is 18.1. The van der Waals surface area contributed by atoms with Gasteiger partial charge in [-0.1, -0.05) is 24.3 Å². The molecule has 1 aromatic heterocycles. The molecule has 0 aliphatic heterocycles. The van der Waals surface area contributed by atoms with E-state index in [1.54, 1.807) is 31.4 Å². The average molecular weight is 366 g/mol. The Balaban J connectivity index is 1.54. The smallest absolute Gasteiger partial charge is 0.271 e. The molecule has 7 heteroatoms. The van der Waals surface area contributed by atoms with Crippen LogP contribution in [0.5, 0.6) is 5.75 Å². The number of nitrogens with zero attached hydrogens (tertiary/aromatic N) is 2. The lowest BCUT2D eigenvalue weighted by molar-refractivity contribution is 0.0948. The van der Waals surface area contributed by atoms with E-state index in [1.807, 2.05) is 24.3 Å². The number of methoxy groups -OCH3 is 1. The Kier molecular flexibility index (Phi) is 5.94. The fourth-order valence-electron chi connectivity index (χ4n) is 2.47. The lowest BCUT2D eigenvalue weighted by Gasteiger charge is -2.10. The first-order chi connectivity index (χ1) is 13.2. The van der Waals surface area contributed by atoms with E-state index in [9.17, 15) is 9.18 Å². The maximum Gasteiger partial charge on any atom is 0.271 e. The SMILES string of the molecule is COc1ccccc1Nc1ccc(C(=O)NCCc2ccc(F)cc2)nn1. The van der Waals surface area contributed by atoms with E-state index < -0.39 is 0 Å². The van der Waals surface area contributed by atoms with Crippen LogP contribution in [0.1, 0.15) is 16.1 Å². The molecule has 1 heterocycles. The van der Waals surface area contributed by atoms with Crippen molar-refractivity contribution in [3.63, 3.8) is 0 Å². The zero-order valence-electron chi connectivity index (χ0n) is 14.8. The summed E-state index contributed by atoms with van der Waals surface area (Å²) in [6.07, 6.45) is 0.604. The van der Waals surface area contributed by atoms with Gasteiger partial charge in [0.05, 0.1) is 12.8 Å². The second-order valence-electron chi connectivity index (χ2n) is 5.76. The van der Waals surface area contributed by atoms with E-state index in [-0.39, 0.29) is 17.4 Å². The Morgan fingerprint density at radius 3 is 2.52 bits per heavy atom. The van der Waals surface area contributed by atoms with Crippen LogP contribution in [0.4, 0.5) is 15.9 Å². The molecular weight excluding hydrogens is 347 g/mol. The lowest BCUT2D eigenvalue weighted by Crippen LogP contribution is -2.26. The monoisotopic (exact) mass is 366 g/mol. The molecule has 3 aromatic rings. The van der Waals surface area contributed by atoms with Crippen LogP contribution in [0.2, 0.25) is 0 Å². The van der Waals surface area contributed by atoms with E-state index >= 15 is 0 Å². The van der Waals surface area contributed by atoms with Crippen molar-refractivity contribution in [1.29, 1.82) is 0 Å². The Morgan fingerprint density at radius 2 is 1.81 bits per heavy atom. The number of ether oxygens (including phenoxy) is 1. The molecule has 0 saturated carbocycles. The normalized spacial score (nSPS) is 10.3. The van der Waals surface area contributed by atoms with Crippen molar-refractivity contribution < 1.29 is 13.9 Å².